The van der Waals surface area contributed by atoms with E-state index in [1.165, 1.54) is 0 Å². The molecule has 0 unspecified atom stereocenters. The number of para-hydroxylation sites is 1. The fraction of sp³-hybridized carbons (Fsp3) is 0.208. The van der Waals surface area contributed by atoms with Gasteiger partial charge < -0.3 is 0 Å². The van der Waals surface area contributed by atoms with Crippen LogP contribution in [0.3, 0.4) is 0 Å². The topological polar surface area (TPSA) is 47.8 Å². The Kier molecular flexibility index (Phi) is 4.17. The maximum absolute atomic E-state index is 12.8. The number of hydrogen-bond acceptors (Lipinski definition) is 3. The van der Waals surface area contributed by atoms with Crippen molar-refractivity contribution >= 4 is 32.7 Å². The lowest BCUT2D eigenvalue weighted by atomic mass is 9.75. The number of rotatable bonds is 2. The summed E-state index contributed by atoms with van der Waals surface area (Å²) >= 11 is 3.49. The molecule has 29 heavy (non-hydrogen) atoms. The Morgan fingerprint density at radius 3 is 2.45 bits per heavy atom. The zero-order valence-corrected chi connectivity index (χ0v) is 17.9. The number of Topliss-reactive ketones (excluding diaryl/α,β-unsaturated/α-hetero) is 1. The molecule has 5 heteroatoms. The molecule has 2 aromatic heterocycles. The van der Waals surface area contributed by atoms with E-state index >= 15 is 0 Å². The highest BCUT2D eigenvalue weighted by atomic mass is 79.9. The van der Waals surface area contributed by atoms with E-state index in [-0.39, 0.29) is 11.2 Å². The van der Waals surface area contributed by atoms with Crippen molar-refractivity contribution in [2.45, 2.75) is 26.7 Å². The van der Waals surface area contributed by atoms with Crippen molar-refractivity contribution in [2.75, 3.05) is 0 Å². The monoisotopic (exact) mass is 445 g/mol. The summed E-state index contributed by atoms with van der Waals surface area (Å²) in [6.45, 7) is 4.25. The van der Waals surface area contributed by atoms with Gasteiger partial charge in [-0.15, -0.1) is 0 Å². The summed E-state index contributed by atoms with van der Waals surface area (Å²) in [5.74, 6) is 0.167. The molecule has 0 atom stereocenters. The lowest BCUT2D eigenvalue weighted by Gasteiger charge is -2.29. The van der Waals surface area contributed by atoms with E-state index < -0.39 is 0 Å². The quantitative estimate of drug-likeness (QED) is 0.379. The number of carbonyl (C=O) groups is 1. The van der Waals surface area contributed by atoms with Gasteiger partial charge in [-0.3, -0.25) is 4.79 Å². The molecule has 1 aliphatic rings. The molecule has 0 aliphatic heterocycles. The van der Waals surface area contributed by atoms with Gasteiger partial charge in [-0.05, 0) is 42.2 Å². The summed E-state index contributed by atoms with van der Waals surface area (Å²) in [5.41, 5.74) is 5.12. The summed E-state index contributed by atoms with van der Waals surface area (Å²) < 4.78 is 2.90. The normalized spacial score (nSPS) is 15.5. The Balaban J connectivity index is 1.81. The Labute approximate surface area is 177 Å². The van der Waals surface area contributed by atoms with Gasteiger partial charge in [-0.1, -0.05) is 60.1 Å². The third kappa shape index (κ3) is 3.19. The lowest BCUT2D eigenvalue weighted by Crippen LogP contribution is -2.27. The van der Waals surface area contributed by atoms with Gasteiger partial charge in [-0.2, -0.15) is 5.10 Å². The highest BCUT2D eigenvalue weighted by Gasteiger charge is 2.33. The first-order valence-corrected chi connectivity index (χ1v) is 10.5. The van der Waals surface area contributed by atoms with Crippen molar-refractivity contribution in [3.63, 3.8) is 0 Å². The Morgan fingerprint density at radius 2 is 1.72 bits per heavy atom. The van der Waals surface area contributed by atoms with E-state index in [9.17, 15) is 4.79 Å². The molecule has 0 spiro atoms. The van der Waals surface area contributed by atoms with Gasteiger partial charge in [0.25, 0.3) is 0 Å². The van der Waals surface area contributed by atoms with E-state index in [4.69, 9.17) is 10.1 Å². The molecular formula is C24H20BrN3O. The minimum Gasteiger partial charge on any atom is -0.294 e. The number of ketones is 1. The minimum absolute atomic E-state index is 0.0725. The highest BCUT2D eigenvalue weighted by Crippen LogP contribution is 2.37. The van der Waals surface area contributed by atoms with Crippen LogP contribution in [-0.2, 0) is 6.42 Å². The summed E-state index contributed by atoms with van der Waals surface area (Å²) in [6.07, 6.45) is 1.34. The first kappa shape index (κ1) is 18.3. The van der Waals surface area contributed by atoms with E-state index in [1.807, 2.05) is 65.3 Å². The van der Waals surface area contributed by atoms with Crippen LogP contribution in [0, 0.1) is 5.41 Å². The van der Waals surface area contributed by atoms with Crippen LogP contribution >= 0.6 is 15.9 Å². The van der Waals surface area contributed by atoms with E-state index in [0.29, 0.717) is 6.42 Å². The van der Waals surface area contributed by atoms with Crippen LogP contribution in [0.25, 0.3) is 28.0 Å². The second-order valence-electron chi connectivity index (χ2n) is 8.40. The van der Waals surface area contributed by atoms with Crippen LogP contribution in [0.5, 0.6) is 0 Å². The molecule has 0 saturated carbocycles. The van der Waals surface area contributed by atoms with Crippen molar-refractivity contribution in [2.24, 2.45) is 5.41 Å². The first-order valence-electron chi connectivity index (χ1n) is 9.68. The standard InChI is InChI=1S/C24H20BrN3O/c1-24(2)13-20-18(21(29)14-24)12-19-22(15-8-10-16(25)11-9-15)27-28(23(19)26-20)17-6-4-3-5-7-17/h3-12H,13-14H2,1-2H3. The van der Waals surface area contributed by atoms with Gasteiger partial charge in [-0.25, -0.2) is 9.67 Å². The second kappa shape index (κ2) is 6.63. The molecule has 1 aliphatic carbocycles. The molecule has 0 N–H and O–H groups in total. The number of aromatic nitrogens is 3. The van der Waals surface area contributed by atoms with Crippen LogP contribution in [-0.4, -0.2) is 20.5 Å². The average molecular weight is 446 g/mol. The number of hydrogen-bond donors (Lipinski definition) is 0. The van der Waals surface area contributed by atoms with Crippen LogP contribution in [0.2, 0.25) is 0 Å². The number of halogens is 1. The smallest absolute Gasteiger partial charge is 0.165 e. The third-order valence-electron chi connectivity index (χ3n) is 5.44. The van der Waals surface area contributed by atoms with Crippen LogP contribution in [0.4, 0.5) is 0 Å². The molecule has 0 bridgehead atoms. The molecule has 2 heterocycles. The maximum atomic E-state index is 12.8. The fourth-order valence-electron chi connectivity index (χ4n) is 4.07. The average Bonchev–Trinajstić information content (AvgIpc) is 3.06. The highest BCUT2D eigenvalue weighted by molar-refractivity contribution is 9.10. The molecule has 0 radical (unpaired) electrons. The van der Waals surface area contributed by atoms with Crippen LogP contribution < -0.4 is 0 Å². The molecule has 2 aromatic carbocycles. The number of benzene rings is 2. The molecule has 144 valence electrons. The summed E-state index contributed by atoms with van der Waals surface area (Å²) in [5, 5.41) is 5.83. The van der Waals surface area contributed by atoms with Crippen molar-refractivity contribution in [1.82, 2.24) is 14.8 Å². The van der Waals surface area contributed by atoms with Gasteiger partial charge in [0.1, 0.15) is 5.69 Å². The second-order valence-corrected chi connectivity index (χ2v) is 9.31. The predicted molar refractivity (Wildman–Crippen MR) is 118 cm³/mol. The number of fused-ring (bicyclic) bond motifs is 2. The number of nitrogens with zero attached hydrogens (tertiary/aromatic N) is 3. The Morgan fingerprint density at radius 1 is 1.00 bits per heavy atom. The molecule has 4 aromatic rings. The summed E-state index contributed by atoms with van der Waals surface area (Å²) in [6, 6.07) is 20.1. The fourth-order valence-corrected chi connectivity index (χ4v) is 4.33. The zero-order chi connectivity index (χ0) is 20.2. The molecule has 4 nitrogen and oxygen atoms in total. The largest absolute Gasteiger partial charge is 0.294 e. The molecule has 0 amide bonds. The zero-order valence-electron chi connectivity index (χ0n) is 16.3. The summed E-state index contributed by atoms with van der Waals surface area (Å²) in [7, 11) is 0. The van der Waals surface area contributed by atoms with Gasteiger partial charge in [0.15, 0.2) is 11.4 Å². The number of carbonyl (C=O) groups excluding carboxylic acids is 1. The van der Waals surface area contributed by atoms with Crippen molar-refractivity contribution < 1.29 is 4.79 Å². The van der Waals surface area contributed by atoms with Gasteiger partial charge >= 0.3 is 0 Å². The van der Waals surface area contributed by atoms with Crippen molar-refractivity contribution in [3.05, 3.63) is 76.4 Å². The first-order chi connectivity index (χ1) is 13.9. The molecule has 0 fully saturated rings. The van der Waals surface area contributed by atoms with Crippen LogP contribution in [0.1, 0.15) is 36.3 Å². The molecule has 5 rings (SSSR count). The maximum Gasteiger partial charge on any atom is 0.165 e. The molecule has 0 saturated heterocycles. The van der Waals surface area contributed by atoms with Crippen molar-refractivity contribution in [1.29, 1.82) is 0 Å². The predicted octanol–water partition coefficient (Wildman–Crippen LogP) is 6.01. The van der Waals surface area contributed by atoms with E-state index in [2.05, 4.69) is 29.8 Å². The summed E-state index contributed by atoms with van der Waals surface area (Å²) in [4.78, 5) is 17.8. The lowest BCUT2D eigenvalue weighted by molar-refractivity contribution is 0.0910. The van der Waals surface area contributed by atoms with Gasteiger partial charge in [0.05, 0.1) is 11.4 Å². The molecular weight excluding hydrogens is 426 g/mol. The van der Waals surface area contributed by atoms with Crippen molar-refractivity contribution in [3.8, 4) is 16.9 Å². The van der Waals surface area contributed by atoms with Crippen LogP contribution in [0.15, 0.2) is 65.1 Å². The number of pyridine rings is 1. The van der Waals surface area contributed by atoms with E-state index in [0.717, 1.165) is 50.1 Å². The third-order valence-corrected chi connectivity index (χ3v) is 5.97. The van der Waals surface area contributed by atoms with E-state index in [1.54, 1.807) is 0 Å². The minimum atomic E-state index is -0.0725. The van der Waals surface area contributed by atoms with Gasteiger partial charge in [0, 0.05) is 27.4 Å². The Bertz CT molecular complexity index is 1240. The Hall–Kier alpha value is -2.79. The SMILES string of the molecule is CC1(C)CC(=O)c2cc3c(-c4ccc(Br)cc4)nn(-c4ccccc4)c3nc2C1. The van der Waals surface area contributed by atoms with Gasteiger partial charge in [0.2, 0.25) is 0 Å².